The number of anilines is 1. The van der Waals surface area contributed by atoms with Gasteiger partial charge in [0.1, 0.15) is 11.6 Å². The van der Waals surface area contributed by atoms with Crippen LogP contribution in [0.25, 0.3) is 0 Å². The number of nitrogens with zero attached hydrogens (tertiary/aromatic N) is 2. The minimum Gasteiger partial charge on any atom is -0.360 e. The summed E-state index contributed by atoms with van der Waals surface area (Å²) < 4.78 is 37.8. The molecule has 0 aromatic heterocycles. The van der Waals surface area contributed by atoms with Crippen LogP contribution in [0.1, 0.15) is 25.0 Å². The molecule has 2 aromatic carbocycles. The fraction of sp³-hybridized carbons (Fsp3) is 0.238. The van der Waals surface area contributed by atoms with Crippen molar-refractivity contribution in [2.45, 2.75) is 32.6 Å². The van der Waals surface area contributed by atoms with Crippen molar-refractivity contribution in [1.29, 1.82) is 5.26 Å². The zero-order chi connectivity index (χ0) is 20.7. The van der Waals surface area contributed by atoms with Crippen LogP contribution in [-0.4, -0.2) is 16.8 Å². The minimum atomic E-state index is -4.42. The third-order valence-electron chi connectivity index (χ3n) is 4.03. The Morgan fingerprint density at radius 3 is 2.25 bits per heavy atom. The molecule has 4 nitrogen and oxygen atoms in total. The molecular formula is C21H20F3N3O. The van der Waals surface area contributed by atoms with Crippen LogP contribution >= 0.6 is 0 Å². The highest BCUT2D eigenvalue weighted by Gasteiger charge is 2.30. The van der Waals surface area contributed by atoms with Crippen LogP contribution < -0.4 is 5.32 Å². The third kappa shape index (κ3) is 5.61. The summed E-state index contributed by atoms with van der Waals surface area (Å²) in [5, 5.41) is 12.1. The van der Waals surface area contributed by atoms with Gasteiger partial charge in [-0.3, -0.25) is 4.79 Å². The second kappa shape index (κ2) is 9.09. The number of hydrogen-bond donors (Lipinski definition) is 1. The Morgan fingerprint density at radius 1 is 1.14 bits per heavy atom. The molecule has 0 unspecified atom stereocenters. The summed E-state index contributed by atoms with van der Waals surface area (Å²) in [6.07, 6.45) is -3.21. The molecule has 1 amide bonds. The number of rotatable bonds is 6. The number of alkyl halides is 3. The molecular weight excluding hydrogens is 367 g/mol. The van der Waals surface area contributed by atoms with Crippen molar-refractivity contribution < 1.29 is 18.0 Å². The van der Waals surface area contributed by atoms with E-state index in [-0.39, 0.29) is 11.6 Å². The predicted octanol–water partition coefficient (Wildman–Crippen LogP) is 4.96. The number of carbonyl (C=O) groups is 1. The molecule has 7 heteroatoms. The first-order valence-electron chi connectivity index (χ1n) is 8.61. The van der Waals surface area contributed by atoms with Crippen molar-refractivity contribution in [3.05, 3.63) is 77.5 Å². The summed E-state index contributed by atoms with van der Waals surface area (Å²) in [7, 11) is 0. The van der Waals surface area contributed by atoms with E-state index in [1.54, 1.807) is 4.90 Å². The van der Waals surface area contributed by atoms with Gasteiger partial charge in [0.25, 0.3) is 5.91 Å². The minimum absolute atomic E-state index is 0.135. The lowest BCUT2D eigenvalue weighted by atomic mass is 10.1. The number of nitrogens with one attached hydrogen (secondary N) is 1. The Morgan fingerprint density at radius 2 is 1.75 bits per heavy atom. The highest BCUT2D eigenvalue weighted by Crippen LogP contribution is 2.29. The third-order valence-corrected chi connectivity index (χ3v) is 4.03. The SMILES string of the molecule is CC(C)N(Cc1ccccc1)C(=O)/C(C#N)=C\Nc1ccc(C(F)(F)F)cc1. The molecule has 0 saturated carbocycles. The van der Waals surface area contributed by atoms with E-state index in [1.807, 2.05) is 50.2 Å². The molecule has 2 aromatic rings. The molecule has 28 heavy (non-hydrogen) atoms. The van der Waals surface area contributed by atoms with Crippen LogP contribution in [0.5, 0.6) is 0 Å². The van der Waals surface area contributed by atoms with Gasteiger partial charge in [-0.25, -0.2) is 0 Å². The molecule has 0 aliphatic heterocycles. The average molecular weight is 387 g/mol. The van der Waals surface area contributed by atoms with Gasteiger partial charge in [0.2, 0.25) is 0 Å². The summed E-state index contributed by atoms with van der Waals surface area (Å²) in [5.41, 5.74) is 0.363. The first-order valence-corrected chi connectivity index (χ1v) is 8.61. The Bertz CT molecular complexity index is 867. The van der Waals surface area contributed by atoms with Gasteiger partial charge in [-0.05, 0) is 43.7 Å². The molecule has 0 spiro atoms. The van der Waals surface area contributed by atoms with E-state index < -0.39 is 17.6 Å². The lowest BCUT2D eigenvalue weighted by Crippen LogP contribution is -2.37. The van der Waals surface area contributed by atoms with Crippen LogP contribution in [0.2, 0.25) is 0 Å². The van der Waals surface area contributed by atoms with E-state index in [0.717, 1.165) is 17.7 Å². The van der Waals surface area contributed by atoms with E-state index in [2.05, 4.69) is 5.32 Å². The van der Waals surface area contributed by atoms with E-state index >= 15 is 0 Å². The fourth-order valence-electron chi connectivity index (χ4n) is 2.48. The van der Waals surface area contributed by atoms with Crippen LogP contribution in [0.4, 0.5) is 18.9 Å². The summed E-state index contributed by atoms with van der Waals surface area (Å²) in [6.45, 7) is 4.04. The normalized spacial score (nSPS) is 11.8. The second-order valence-corrected chi connectivity index (χ2v) is 6.40. The van der Waals surface area contributed by atoms with Crippen molar-refractivity contribution in [3.8, 4) is 6.07 Å². The molecule has 0 aliphatic carbocycles. The van der Waals surface area contributed by atoms with Gasteiger partial charge in [0.15, 0.2) is 0 Å². The average Bonchev–Trinajstić information content (AvgIpc) is 2.66. The zero-order valence-corrected chi connectivity index (χ0v) is 15.5. The van der Waals surface area contributed by atoms with Crippen molar-refractivity contribution in [3.63, 3.8) is 0 Å². The van der Waals surface area contributed by atoms with Gasteiger partial charge in [-0.2, -0.15) is 18.4 Å². The van der Waals surface area contributed by atoms with Gasteiger partial charge < -0.3 is 10.2 Å². The van der Waals surface area contributed by atoms with E-state index in [0.29, 0.717) is 12.2 Å². The summed E-state index contributed by atoms with van der Waals surface area (Å²) in [5.74, 6) is -0.458. The number of halogens is 3. The second-order valence-electron chi connectivity index (χ2n) is 6.40. The van der Waals surface area contributed by atoms with Gasteiger partial charge in [-0.15, -0.1) is 0 Å². The smallest absolute Gasteiger partial charge is 0.360 e. The van der Waals surface area contributed by atoms with Crippen LogP contribution in [0.3, 0.4) is 0 Å². The summed E-state index contributed by atoms with van der Waals surface area (Å²) >= 11 is 0. The number of amides is 1. The monoisotopic (exact) mass is 387 g/mol. The molecule has 0 bridgehead atoms. The lowest BCUT2D eigenvalue weighted by molar-refractivity contribution is -0.137. The molecule has 0 fully saturated rings. The van der Waals surface area contributed by atoms with Gasteiger partial charge in [0.05, 0.1) is 5.56 Å². The largest absolute Gasteiger partial charge is 0.416 e. The van der Waals surface area contributed by atoms with E-state index in [1.165, 1.54) is 18.3 Å². The predicted molar refractivity (Wildman–Crippen MR) is 101 cm³/mol. The highest BCUT2D eigenvalue weighted by molar-refractivity contribution is 5.97. The Kier molecular flexibility index (Phi) is 6.83. The Balaban J connectivity index is 2.15. The molecule has 1 N–H and O–H groups in total. The number of benzene rings is 2. The van der Waals surface area contributed by atoms with Crippen molar-refractivity contribution in [2.24, 2.45) is 0 Å². The molecule has 0 radical (unpaired) electrons. The molecule has 0 atom stereocenters. The maximum atomic E-state index is 12.8. The molecule has 146 valence electrons. The highest BCUT2D eigenvalue weighted by atomic mass is 19.4. The topological polar surface area (TPSA) is 56.1 Å². The molecule has 0 heterocycles. The maximum Gasteiger partial charge on any atom is 0.416 e. The first kappa shape index (κ1) is 21.0. The molecule has 0 aliphatic rings. The zero-order valence-electron chi connectivity index (χ0n) is 15.5. The molecule has 0 saturated heterocycles. The van der Waals surface area contributed by atoms with Gasteiger partial charge in [0, 0.05) is 24.5 Å². The Labute approximate surface area is 161 Å². The van der Waals surface area contributed by atoms with Gasteiger partial charge >= 0.3 is 6.18 Å². The van der Waals surface area contributed by atoms with E-state index in [9.17, 15) is 23.2 Å². The summed E-state index contributed by atoms with van der Waals surface area (Å²) in [6, 6.07) is 15.4. The summed E-state index contributed by atoms with van der Waals surface area (Å²) in [4.78, 5) is 14.3. The first-order chi connectivity index (χ1) is 13.2. The van der Waals surface area contributed by atoms with Crippen LogP contribution in [0.15, 0.2) is 66.4 Å². The maximum absolute atomic E-state index is 12.8. The van der Waals surface area contributed by atoms with Crippen LogP contribution in [0, 0.1) is 11.3 Å². The quantitative estimate of drug-likeness (QED) is 0.563. The number of hydrogen-bond acceptors (Lipinski definition) is 3. The fourth-order valence-corrected chi connectivity index (χ4v) is 2.48. The number of nitriles is 1. The van der Waals surface area contributed by atoms with Crippen molar-refractivity contribution >= 4 is 11.6 Å². The number of carbonyl (C=O) groups excluding carboxylic acids is 1. The molecule has 2 rings (SSSR count). The lowest BCUT2D eigenvalue weighted by Gasteiger charge is -2.26. The van der Waals surface area contributed by atoms with E-state index in [4.69, 9.17) is 0 Å². The van der Waals surface area contributed by atoms with Gasteiger partial charge in [-0.1, -0.05) is 30.3 Å². The Hall–Kier alpha value is -3.27. The standard InChI is InChI=1S/C21H20F3N3O/c1-15(2)27(14-16-6-4-3-5-7-16)20(28)17(12-25)13-26-19-10-8-18(9-11-19)21(22,23)24/h3-11,13,15,26H,14H2,1-2H3/b17-13-. The van der Waals surface area contributed by atoms with Crippen molar-refractivity contribution in [1.82, 2.24) is 4.90 Å². The van der Waals surface area contributed by atoms with Crippen LogP contribution in [-0.2, 0) is 17.5 Å². The van der Waals surface area contributed by atoms with Crippen molar-refractivity contribution in [2.75, 3.05) is 5.32 Å².